The molecule has 4 nitrogen and oxygen atoms in total. The van der Waals surface area contributed by atoms with Crippen molar-refractivity contribution < 1.29 is 0 Å². The second kappa shape index (κ2) is 6.08. The molecule has 2 aliphatic heterocycles. The van der Waals surface area contributed by atoms with Gasteiger partial charge >= 0.3 is 0 Å². The van der Waals surface area contributed by atoms with E-state index in [0.717, 1.165) is 18.1 Å². The first-order chi connectivity index (χ1) is 9.75. The van der Waals surface area contributed by atoms with Crippen molar-refractivity contribution in [2.75, 3.05) is 18.0 Å². The highest BCUT2D eigenvalue weighted by Gasteiger charge is 2.32. The lowest BCUT2D eigenvalue weighted by Gasteiger charge is -2.40. The Morgan fingerprint density at radius 1 is 1.20 bits per heavy atom. The highest BCUT2D eigenvalue weighted by molar-refractivity contribution is 5.42. The molecule has 110 valence electrons. The number of hydrogen-bond donors (Lipinski definition) is 1. The van der Waals surface area contributed by atoms with Crippen LogP contribution in [-0.4, -0.2) is 35.1 Å². The molecular weight excluding hydrogens is 248 g/mol. The third kappa shape index (κ3) is 2.80. The predicted molar refractivity (Wildman–Crippen MR) is 82.1 cm³/mol. The number of anilines is 1. The van der Waals surface area contributed by atoms with Crippen molar-refractivity contribution in [2.45, 2.75) is 64.0 Å². The van der Waals surface area contributed by atoms with Gasteiger partial charge in [0, 0.05) is 30.4 Å². The summed E-state index contributed by atoms with van der Waals surface area (Å²) in [6.07, 6.45) is 8.28. The van der Waals surface area contributed by atoms with Gasteiger partial charge in [-0.3, -0.25) is 0 Å². The zero-order valence-corrected chi connectivity index (χ0v) is 12.7. The van der Waals surface area contributed by atoms with Gasteiger partial charge in [-0.15, -0.1) is 0 Å². The van der Waals surface area contributed by atoms with Crippen LogP contribution in [0.3, 0.4) is 0 Å². The minimum atomic E-state index is 0.463. The van der Waals surface area contributed by atoms with Crippen molar-refractivity contribution in [3.05, 3.63) is 18.1 Å². The predicted octanol–water partition coefficient (Wildman–Crippen LogP) is 2.71. The van der Waals surface area contributed by atoms with Gasteiger partial charge in [-0.25, -0.2) is 9.97 Å². The Kier molecular flexibility index (Phi) is 4.20. The van der Waals surface area contributed by atoms with Gasteiger partial charge in [-0.05, 0) is 44.6 Å². The summed E-state index contributed by atoms with van der Waals surface area (Å²) in [5, 5.41) is 3.68. The van der Waals surface area contributed by atoms with Gasteiger partial charge < -0.3 is 10.2 Å². The summed E-state index contributed by atoms with van der Waals surface area (Å²) in [5.41, 5.74) is 1.15. The van der Waals surface area contributed by atoms with E-state index < -0.39 is 0 Å². The van der Waals surface area contributed by atoms with Crippen molar-refractivity contribution >= 4 is 5.82 Å². The van der Waals surface area contributed by atoms with Gasteiger partial charge in [0.05, 0.1) is 0 Å². The zero-order chi connectivity index (χ0) is 13.9. The van der Waals surface area contributed by atoms with Crippen LogP contribution < -0.4 is 10.2 Å². The number of aromatic nitrogens is 2. The zero-order valence-electron chi connectivity index (χ0n) is 12.7. The Hall–Kier alpha value is -1.16. The minimum Gasteiger partial charge on any atom is -0.352 e. The van der Waals surface area contributed by atoms with Crippen LogP contribution >= 0.6 is 0 Å². The van der Waals surface area contributed by atoms with Gasteiger partial charge in [0.15, 0.2) is 0 Å². The average Bonchev–Trinajstić information content (AvgIpc) is 3.01. The van der Waals surface area contributed by atoms with Gasteiger partial charge in [0.2, 0.25) is 0 Å². The highest BCUT2D eigenvalue weighted by atomic mass is 15.2. The lowest BCUT2D eigenvalue weighted by Crippen LogP contribution is -2.50. The first-order valence-electron chi connectivity index (χ1n) is 8.07. The quantitative estimate of drug-likeness (QED) is 0.920. The minimum absolute atomic E-state index is 0.463. The average molecular weight is 274 g/mol. The molecular formula is C16H26N4. The van der Waals surface area contributed by atoms with E-state index >= 15 is 0 Å². The Morgan fingerprint density at radius 3 is 2.85 bits per heavy atom. The fourth-order valence-corrected chi connectivity index (χ4v) is 3.53. The number of nitrogens with zero attached hydrogens (tertiary/aromatic N) is 3. The Morgan fingerprint density at radius 2 is 2.10 bits per heavy atom. The molecule has 1 aromatic rings. The summed E-state index contributed by atoms with van der Waals surface area (Å²) in [5.74, 6) is 1.59. The maximum Gasteiger partial charge on any atom is 0.132 e. The summed E-state index contributed by atoms with van der Waals surface area (Å²) in [4.78, 5) is 11.5. The molecule has 2 fully saturated rings. The van der Waals surface area contributed by atoms with E-state index in [0.29, 0.717) is 18.0 Å². The summed E-state index contributed by atoms with van der Waals surface area (Å²) >= 11 is 0. The molecule has 20 heavy (non-hydrogen) atoms. The molecule has 2 unspecified atom stereocenters. The van der Waals surface area contributed by atoms with E-state index in [2.05, 4.69) is 40.1 Å². The van der Waals surface area contributed by atoms with Crippen LogP contribution in [0.25, 0.3) is 0 Å². The molecule has 0 amide bonds. The lowest BCUT2D eigenvalue weighted by molar-refractivity contribution is 0.376. The summed E-state index contributed by atoms with van der Waals surface area (Å²) in [6, 6.07) is 3.45. The molecule has 0 aromatic carbocycles. The van der Waals surface area contributed by atoms with E-state index in [4.69, 9.17) is 0 Å². The molecule has 4 heteroatoms. The van der Waals surface area contributed by atoms with Crippen molar-refractivity contribution in [1.82, 2.24) is 15.3 Å². The third-order valence-electron chi connectivity index (χ3n) is 4.67. The van der Waals surface area contributed by atoms with Crippen molar-refractivity contribution in [3.63, 3.8) is 0 Å². The fraction of sp³-hybridized carbons (Fsp3) is 0.750. The van der Waals surface area contributed by atoms with Crippen LogP contribution in [0.15, 0.2) is 12.4 Å². The maximum atomic E-state index is 4.55. The van der Waals surface area contributed by atoms with Gasteiger partial charge in [-0.2, -0.15) is 0 Å². The van der Waals surface area contributed by atoms with Crippen LogP contribution in [0, 0.1) is 0 Å². The Labute approximate surface area is 122 Å². The monoisotopic (exact) mass is 274 g/mol. The van der Waals surface area contributed by atoms with Crippen molar-refractivity contribution in [2.24, 2.45) is 0 Å². The van der Waals surface area contributed by atoms with E-state index in [1.165, 1.54) is 38.6 Å². The van der Waals surface area contributed by atoms with Crippen molar-refractivity contribution in [1.29, 1.82) is 0 Å². The highest BCUT2D eigenvalue weighted by Crippen LogP contribution is 2.29. The molecule has 2 aliphatic rings. The van der Waals surface area contributed by atoms with Crippen molar-refractivity contribution in [3.8, 4) is 0 Å². The molecule has 0 spiro atoms. The largest absolute Gasteiger partial charge is 0.352 e. The first kappa shape index (κ1) is 13.8. The first-order valence-corrected chi connectivity index (χ1v) is 8.07. The third-order valence-corrected chi connectivity index (χ3v) is 4.67. The molecule has 3 heterocycles. The smallest absolute Gasteiger partial charge is 0.132 e. The maximum absolute atomic E-state index is 4.55. The Bertz CT molecular complexity index is 440. The standard InChI is InChI=1S/C16H26N4/c1-12(2)14-10-16(19-11-18-14)20-9-4-3-7-15(20)13-6-5-8-17-13/h10-13,15,17H,3-9H2,1-2H3. The second-order valence-corrected chi connectivity index (χ2v) is 6.42. The van der Waals surface area contributed by atoms with Crippen LogP contribution in [0.4, 0.5) is 5.82 Å². The number of nitrogens with one attached hydrogen (secondary N) is 1. The van der Waals surface area contributed by atoms with E-state index in [-0.39, 0.29) is 0 Å². The summed E-state index contributed by atoms with van der Waals surface area (Å²) < 4.78 is 0. The fourth-order valence-electron chi connectivity index (χ4n) is 3.53. The number of rotatable bonds is 3. The molecule has 1 aromatic heterocycles. The molecule has 0 aliphatic carbocycles. The molecule has 2 atom stereocenters. The SMILES string of the molecule is CC(C)c1cc(N2CCCCC2C2CCCN2)ncn1. The summed E-state index contributed by atoms with van der Waals surface area (Å²) in [6.45, 7) is 6.70. The normalized spacial score (nSPS) is 27.2. The van der Waals surface area contributed by atoms with Crippen LogP contribution in [-0.2, 0) is 0 Å². The molecule has 2 saturated heterocycles. The van der Waals surface area contributed by atoms with Gasteiger partial charge in [0.25, 0.3) is 0 Å². The topological polar surface area (TPSA) is 41.0 Å². The lowest BCUT2D eigenvalue weighted by atomic mass is 9.94. The Balaban J connectivity index is 1.83. The molecule has 0 bridgehead atoms. The van der Waals surface area contributed by atoms with Crippen LogP contribution in [0.5, 0.6) is 0 Å². The van der Waals surface area contributed by atoms with Crippen LogP contribution in [0.1, 0.15) is 57.6 Å². The van der Waals surface area contributed by atoms with Gasteiger partial charge in [0.1, 0.15) is 12.1 Å². The molecule has 1 N–H and O–H groups in total. The van der Waals surface area contributed by atoms with Gasteiger partial charge in [-0.1, -0.05) is 13.8 Å². The second-order valence-electron chi connectivity index (χ2n) is 6.42. The number of hydrogen-bond acceptors (Lipinski definition) is 4. The number of piperidine rings is 1. The molecule has 0 radical (unpaired) electrons. The molecule has 0 saturated carbocycles. The van der Waals surface area contributed by atoms with Crippen LogP contribution in [0.2, 0.25) is 0 Å². The summed E-state index contributed by atoms with van der Waals surface area (Å²) in [7, 11) is 0. The van der Waals surface area contributed by atoms with E-state index in [1.807, 2.05) is 0 Å². The van der Waals surface area contributed by atoms with E-state index in [9.17, 15) is 0 Å². The molecule has 3 rings (SSSR count). The van der Waals surface area contributed by atoms with E-state index in [1.54, 1.807) is 6.33 Å².